The molecule has 0 aromatic heterocycles. The first-order valence-electron chi connectivity index (χ1n) is 10.5. The maximum atomic E-state index is 12.0. The minimum Gasteiger partial charge on any atom is -0.481 e. The SMILES string of the molecule is CCCCCC(CCC)(CCC)C(O)C=C[C@@H]1CCC(=O)[C@H]1CC(=O)O. The molecule has 0 amide bonds. The van der Waals surface area contributed by atoms with Crippen molar-refractivity contribution in [1.29, 1.82) is 0 Å². The fourth-order valence-electron chi connectivity index (χ4n) is 4.61. The third kappa shape index (κ3) is 6.53. The molecule has 1 saturated carbocycles. The van der Waals surface area contributed by atoms with Gasteiger partial charge in [-0.3, -0.25) is 9.59 Å². The van der Waals surface area contributed by atoms with E-state index in [0.29, 0.717) is 12.8 Å². The second-order valence-electron chi connectivity index (χ2n) is 8.02. The third-order valence-corrected chi connectivity index (χ3v) is 5.99. The van der Waals surface area contributed by atoms with Crippen molar-refractivity contribution in [2.45, 2.75) is 97.5 Å². The van der Waals surface area contributed by atoms with E-state index >= 15 is 0 Å². The van der Waals surface area contributed by atoms with E-state index in [2.05, 4.69) is 20.8 Å². The highest BCUT2D eigenvalue weighted by atomic mass is 16.4. The first-order valence-corrected chi connectivity index (χ1v) is 10.5. The molecule has 0 spiro atoms. The molecular formula is C22H38O4. The van der Waals surface area contributed by atoms with Crippen molar-refractivity contribution in [3.63, 3.8) is 0 Å². The first-order chi connectivity index (χ1) is 12.4. The van der Waals surface area contributed by atoms with Gasteiger partial charge in [0.2, 0.25) is 0 Å². The maximum Gasteiger partial charge on any atom is 0.304 e. The third-order valence-electron chi connectivity index (χ3n) is 5.99. The number of carbonyl (C=O) groups is 2. The maximum absolute atomic E-state index is 12.0. The number of allylic oxidation sites excluding steroid dienone is 1. The van der Waals surface area contributed by atoms with Gasteiger partial charge in [-0.1, -0.05) is 65.0 Å². The second-order valence-corrected chi connectivity index (χ2v) is 8.02. The van der Waals surface area contributed by atoms with E-state index in [1.54, 1.807) is 0 Å². The van der Waals surface area contributed by atoms with Crippen LogP contribution in [0.4, 0.5) is 0 Å². The average Bonchev–Trinajstić information content (AvgIpc) is 2.92. The molecule has 26 heavy (non-hydrogen) atoms. The van der Waals surface area contributed by atoms with Crippen LogP contribution in [0.3, 0.4) is 0 Å². The van der Waals surface area contributed by atoms with Crippen molar-refractivity contribution in [3.05, 3.63) is 12.2 Å². The Labute approximate surface area is 159 Å². The van der Waals surface area contributed by atoms with Gasteiger partial charge in [-0.15, -0.1) is 0 Å². The summed E-state index contributed by atoms with van der Waals surface area (Å²) in [6.45, 7) is 6.52. The molecule has 3 atom stereocenters. The first kappa shape index (κ1) is 22.9. The number of Topliss-reactive ketones (excluding diaryl/α,β-unsaturated/α-hetero) is 1. The van der Waals surface area contributed by atoms with Crippen molar-refractivity contribution in [2.75, 3.05) is 0 Å². The molecule has 1 fully saturated rings. The number of hydrogen-bond acceptors (Lipinski definition) is 3. The van der Waals surface area contributed by atoms with E-state index in [9.17, 15) is 14.7 Å². The van der Waals surface area contributed by atoms with Crippen LogP contribution < -0.4 is 0 Å². The quantitative estimate of drug-likeness (QED) is 0.349. The molecule has 0 aromatic rings. The summed E-state index contributed by atoms with van der Waals surface area (Å²) in [5.74, 6) is -1.35. The Bertz CT molecular complexity index is 463. The molecule has 0 heterocycles. The molecule has 2 N–H and O–H groups in total. The fourth-order valence-corrected chi connectivity index (χ4v) is 4.61. The van der Waals surface area contributed by atoms with Crippen LogP contribution in [0.15, 0.2) is 12.2 Å². The van der Waals surface area contributed by atoms with Gasteiger partial charge in [0.05, 0.1) is 12.5 Å². The van der Waals surface area contributed by atoms with Gasteiger partial charge in [0.15, 0.2) is 0 Å². The molecule has 1 rings (SSSR count). The molecule has 0 aliphatic heterocycles. The lowest BCUT2D eigenvalue weighted by atomic mass is 9.70. The molecule has 0 bridgehead atoms. The molecule has 4 nitrogen and oxygen atoms in total. The zero-order chi connectivity index (χ0) is 19.6. The minimum atomic E-state index is -0.921. The van der Waals surface area contributed by atoms with Gasteiger partial charge in [-0.25, -0.2) is 0 Å². The van der Waals surface area contributed by atoms with Gasteiger partial charge >= 0.3 is 5.97 Å². The number of aliphatic hydroxyl groups excluding tert-OH is 1. The summed E-state index contributed by atoms with van der Waals surface area (Å²) in [7, 11) is 0. The predicted molar refractivity (Wildman–Crippen MR) is 105 cm³/mol. The number of carbonyl (C=O) groups excluding carboxylic acids is 1. The molecule has 4 heteroatoms. The normalized spacial score (nSPS) is 22.2. The van der Waals surface area contributed by atoms with Gasteiger partial charge in [0.25, 0.3) is 0 Å². The van der Waals surface area contributed by atoms with Crippen molar-refractivity contribution >= 4 is 11.8 Å². The number of aliphatic carboxylic acids is 1. The molecule has 150 valence electrons. The minimum absolute atomic E-state index is 0.0489. The summed E-state index contributed by atoms with van der Waals surface area (Å²) < 4.78 is 0. The Morgan fingerprint density at radius 1 is 1.15 bits per heavy atom. The number of unbranched alkanes of at least 4 members (excludes halogenated alkanes) is 2. The summed E-state index contributed by atoms with van der Waals surface area (Å²) in [6.07, 6.45) is 12.9. The molecule has 1 aliphatic rings. The Hall–Kier alpha value is -1.16. The lowest BCUT2D eigenvalue weighted by Gasteiger charge is -2.37. The highest BCUT2D eigenvalue weighted by Gasteiger charge is 2.37. The van der Waals surface area contributed by atoms with Gasteiger partial charge in [-0.2, -0.15) is 0 Å². The number of carboxylic acids is 1. The zero-order valence-corrected chi connectivity index (χ0v) is 16.9. The monoisotopic (exact) mass is 366 g/mol. The van der Waals surface area contributed by atoms with Crippen LogP contribution in [-0.2, 0) is 9.59 Å². The number of ketones is 1. The largest absolute Gasteiger partial charge is 0.481 e. The van der Waals surface area contributed by atoms with E-state index in [4.69, 9.17) is 5.11 Å². The van der Waals surface area contributed by atoms with E-state index in [0.717, 1.165) is 38.5 Å². The second kappa shape index (κ2) is 11.5. The summed E-state index contributed by atoms with van der Waals surface area (Å²) in [5, 5.41) is 20.1. The van der Waals surface area contributed by atoms with Crippen LogP contribution in [0.5, 0.6) is 0 Å². The smallest absolute Gasteiger partial charge is 0.304 e. The fraction of sp³-hybridized carbons (Fsp3) is 0.818. The number of aliphatic hydroxyl groups is 1. The highest BCUT2D eigenvalue weighted by molar-refractivity contribution is 5.87. The standard InChI is InChI=1S/C22H38O4/c1-4-7-8-15-22(13-5-2,14-6-3)20(24)12-10-17-9-11-19(23)18(17)16-21(25)26/h10,12,17-18,20,24H,4-9,11,13-16H2,1-3H3,(H,25,26)/t17-,18-,20?/m0/s1. The van der Waals surface area contributed by atoms with Crippen molar-refractivity contribution in [2.24, 2.45) is 17.3 Å². The highest BCUT2D eigenvalue weighted by Crippen LogP contribution is 2.41. The van der Waals surface area contributed by atoms with Gasteiger partial charge in [-0.05, 0) is 37.0 Å². The lowest BCUT2D eigenvalue weighted by Crippen LogP contribution is -2.34. The van der Waals surface area contributed by atoms with Crippen molar-refractivity contribution < 1.29 is 19.8 Å². The number of carboxylic acid groups (broad SMARTS) is 1. The molecule has 0 aromatic carbocycles. The molecular weight excluding hydrogens is 328 g/mol. The number of rotatable bonds is 13. The van der Waals surface area contributed by atoms with Crippen LogP contribution in [-0.4, -0.2) is 28.1 Å². The summed E-state index contributed by atoms with van der Waals surface area (Å²) in [6, 6.07) is 0. The van der Waals surface area contributed by atoms with Crippen molar-refractivity contribution in [3.8, 4) is 0 Å². The zero-order valence-electron chi connectivity index (χ0n) is 16.9. The van der Waals surface area contributed by atoms with E-state index < -0.39 is 18.0 Å². The number of hydrogen-bond donors (Lipinski definition) is 2. The van der Waals surface area contributed by atoms with Crippen molar-refractivity contribution in [1.82, 2.24) is 0 Å². The van der Waals surface area contributed by atoms with E-state index in [-0.39, 0.29) is 23.5 Å². The lowest BCUT2D eigenvalue weighted by molar-refractivity contribution is -0.140. The molecule has 0 saturated heterocycles. The van der Waals surface area contributed by atoms with Crippen LogP contribution >= 0.6 is 0 Å². The summed E-state index contributed by atoms with van der Waals surface area (Å²) in [4.78, 5) is 23.0. The van der Waals surface area contributed by atoms with Crippen LogP contribution in [0, 0.1) is 17.3 Å². The predicted octanol–water partition coefficient (Wildman–Crippen LogP) is 5.14. The molecule has 1 aliphatic carbocycles. The average molecular weight is 367 g/mol. The topological polar surface area (TPSA) is 74.6 Å². The van der Waals surface area contributed by atoms with Crippen LogP contribution in [0.1, 0.15) is 91.4 Å². The molecule has 0 radical (unpaired) electrons. The Morgan fingerprint density at radius 2 is 1.81 bits per heavy atom. The Morgan fingerprint density at radius 3 is 2.35 bits per heavy atom. The van der Waals surface area contributed by atoms with Crippen LogP contribution in [0.25, 0.3) is 0 Å². The summed E-state index contributed by atoms with van der Waals surface area (Å²) >= 11 is 0. The van der Waals surface area contributed by atoms with E-state index in [1.165, 1.54) is 12.8 Å². The van der Waals surface area contributed by atoms with Gasteiger partial charge < -0.3 is 10.2 Å². The van der Waals surface area contributed by atoms with Gasteiger partial charge in [0, 0.05) is 12.3 Å². The Balaban J connectivity index is 2.88. The van der Waals surface area contributed by atoms with Gasteiger partial charge in [0.1, 0.15) is 5.78 Å². The van der Waals surface area contributed by atoms with E-state index in [1.807, 2.05) is 12.2 Å². The van der Waals surface area contributed by atoms with Crippen LogP contribution in [0.2, 0.25) is 0 Å². The molecule has 1 unspecified atom stereocenters. The Kier molecular flexibility index (Phi) is 10.1. The summed E-state index contributed by atoms with van der Waals surface area (Å²) in [5.41, 5.74) is -0.0971.